The van der Waals surface area contributed by atoms with Crippen LogP contribution in [-0.4, -0.2) is 61.3 Å². The minimum Gasteiger partial charge on any atom is -0.345 e. The summed E-state index contributed by atoms with van der Waals surface area (Å²) in [6.07, 6.45) is 2.71. The molecule has 1 aliphatic rings. The SMILES string of the molecule is c1ccc(CCn2nnnc2[C@@H](c2ccc3ncccc3c2)N2CCN(c3nc4ccccc4s3)CC2)cc1. The van der Waals surface area contributed by atoms with E-state index in [1.165, 1.54) is 15.8 Å². The van der Waals surface area contributed by atoms with E-state index in [1.54, 1.807) is 11.3 Å². The number of tetrazole rings is 1. The van der Waals surface area contributed by atoms with Crippen molar-refractivity contribution >= 4 is 37.6 Å². The number of benzene rings is 3. The minimum absolute atomic E-state index is 0.0575. The summed E-state index contributed by atoms with van der Waals surface area (Å²) in [4.78, 5) is 14.3. The van der Waals surface area contributed by atoms with Gasteiger partial charge >= 0.3 is 0 Å². The van der Waals surface area contributed by atoms with Gasteiger partial charge in [-0.3, -0.25) is 9.88 Å². The Morgan fingerprint density at radius 2 is 1.67 bits per heavy atom. The predicted molar refractivity (Wildman–Crippen MR) is 155 cm³/mol. The van der Waals surface area contributed by atoms with Crippen LogP contribution in [0.25, 0.3) is 21.1 Å². The molecule has 1 aliphatic heterocycles. The van der Waals surface area contributed by atoms with Gasteiger partial charge in [0.15, 0.2) is 11.0 Å². The number of nitrogens with zero attached hydrogens (tertiary/aromatic N) is 8. The maximum atomic E-state index is 4.90. The molecule has 0 saturated carbocycles. The number of para-hydroxylation sites is 1. The van der Waals surface area contributed by atoms with Gasteiger partial charge in [-0.2, -0.15) is 0 Å². The third kappa shape index (κ3) is 4.86. The van der Waals surface area contributed by atoms with Crippen molar-refractivity contribution < 1.29 is 0 Å². The van der Waals surface area contributed by atoms with Gasteiger partial charge in [0, 0.05) is 44.3 Å². The fourth-order valence-corrected chi connectivity index (χ4v) is 6.42. The number of aromatic nitrogens is 6. The Bertz CT molecular complexity index is 1670. The Kier molecular flexibility index (Phi) is 6.43. The van der Waals surface area contributed by atoms with Gasteiger partial charge in [-0.25, -0.2) is 9.67 Å². The smallest absolute Gasteiger partial charge is 0.186 e. The van der Waals surface area contributed by atoms with Gasteiger partial charge in [0.05, 0.1) is 21.8 Å². The lowest BCUT2D eigenvalue weighted by molar-refractivity contribution is 0.200. The highest BCUT2D eigenvalue weighted by atomic mass is 32.1. The van der Waals surface area contributed by atoms with Crippen LogP contribution in [0.15, 0.2) is 91.1 Å². The summed E-state index contributed by atoms with van der Waals surface area (Å²) in [5.74, 6) is 0.877. The summed E-state index contributed by atoms with van der Waals surface area (Å²) >= 11 is 1.77. The van der Waals surface area contributed by atoms with E-state index in [0.717, 1.165) is 66.5 Å². The van der Waals surface area contributed by atoms with Crippen LogP contribution in [0.1, 0.15) is 23.0 Å². The van der Waals surface area contributed by atoms with Gasteiger partial charge in [-0.1, -0.05) is 65.9 Å². The van der Waals surface area contributed by atoms with Crippen LogP contribution in [0.3, 0.4) is 0 Å². The van der Waals surface area contributed by atoms with E-state index in [4.69, 9.17) is 4.98 Å². The maximum Gasteiger partial charge on any atom is 0.186 e. The number of fused-ring (bicyclic) bond motifs is 2. The van der Waals surface area contributed by atoms with Gasteiger partial charge in [-0.15, -0.1) is 5.10 Å². The Hall–Kier alpha value is -4.21. The number of anilines is 1. The average Bonchev–Trinajstić information content (AvgIpc) is 3.64. The van der Waals surface area contributed by atoms with Crippen LogP contribution >= 0.6 is 11.3 Å². The van der Waals surface area contributed by atoms with Crippen LogP contribution in [0.5, 0.6) is 0 Å². The number of pyridine rings is 1. The van der Waals surface area contributed by atoms with Crippen molar-refractivity contribution in [3.8, 4) is 0 Å². The second-order valence-electron chi connectivity index (χ2n) is 9.84. The molecule has 1 fully saturated rings. The van der Waals surface area contributed by atoms with E-state index in [1.807, 2.05) is 23.0 Å². The zero-order valence-corrected chi connectivity index (χ0v) is 22.3. The first-order chi connectivity index (χ1) is 19.3. The fraction of sp³-hybridized carbons (Fsp3) is 0.233. The van der Waals surface area contributed by atoms with Crippen molar-refractivity contribution in [2.75, 3.05) is 31.1 Å². The molecule has 0 spiro atoms. The van der Waals surface area contributed by atoms with Crippen LogP contribution in [0.4, 0.5) is 5.13 Å². The summed E-state index contributed by atoms with van der Waals surface area (Å²) < 4.78 is 3.21. The first kappa shape index (κ1) is 23.9. The lowest BCUT2D eigenvalue weighted by Gasteiger charge is -2.38. The molecule has 194 valence electrons. The van der Waals surface area contributed by atoms with Crippen molar-refractivity contribution in [3.63, 3.8) is 0 Å². The molecular formula is C30H28N8S. The van der Waals surface area contributed by atoms with Crippen molar-refractivity contribution in [2.45, 2.75) is 19.0 Å². The van der Waals surface area contributed by atoms with Crippen LogP contribution in [-0.2, 0) is 13.0 Å². The molecule has 0 bridgehead atoms. The molecule has 3 aromatic carbocycles. The highest BCUT2D eigenvalue weighted by Crippen LogP contribution is 2.33. The van der Waals surface area contributed by atoms with E-state index in [2.05, 4.69) is 103 Å². The summed E-state index contributed by atoms with van der Waals surface area (Å²) in [5, 5.41) is 15.4. The number of aryl methyl sites for hydroxylation is 2. The molecule has 1 saturated heterocycles. The third-order valence-corrected chi connectivity index (χ3v) is 8.53. The second kappa shape index (κ2) is 10.5. The lowest BCUT2D eigenvalue weighted by atomic mass is 10.0. The summed E-state index contributed by atoms with van der Waals surface area (Å²) in [7, 11) is 0. The molecule has 0 N–H and O–H groups in total. The zero-order chi connectivity index (χ0) is 26.0. The Morgan fingerprint density at radius 3 is 2.54 bits per heavy atom. The van der Waals surface area contributed by atoms with Gasteiger partial charge in [0.25, 0.3) is 0 Å². The highest BCUT2D eigenvalue weighted by Gasteiger charge is 2.31. The molecular weight excluding hydrogens is 504 g/mol. The monoisotopic (exact) mass is 532 g/mol. The maximum absolute atomic E-state index is 4.90. The van der Waals surface area contributed by atoms with Gasteiger partial charge in [0.1, 0.15) is 0 Å². The van der Waals surface area contributed by atoms with E-state index in [9.17, 15) is 0 Å². The zero-order valence-electron chi connectivity index (χ0n) is 21.5. The molecule has 1 atom stereocenters. The lowest BCUT2D eigenvalue weighted by Crippen LogP contribution is -2.48. The van der Waals surface area contributed by atoms with E-state index < -0.39 is 0 Å². The molecule has 0 aliphatic carbocycles. The van der Waals surface area contributed by atoms with Crippen molar-refractivity contribution in [1.29, 1.82) is 0 Å². The number of hydrogen-bond donors (Lipinski definition) is 0. The third-order valence-electron chi connectivity index (χ3n) is 7.43. The molecule has 9 heteroatoms. The number of thiazole rings is 1. The largest absolute Gasteiger partial charge is 0.345 e. The average molecular weight is 533 g/mol. The summed E-state index contributed by atoms with van der Waals surface area (Å²) in [6.45, 7) is 4.30. The fourth-order valence-electron chi connectivity index (χ4n) is 5.40. The molecule has 39 heavy (non-hydrogen) atoms. The van der Waals surface area contributed by atoms with Crippen LogP contribution in [0.2, 0.25) is 0 Å². The Balaban J connectivity index is 1.18. The molecule has 0 amide bonds. The normalized spacial score (nSPS) is 15.2. The van der Waals surface area contributed by atoms with E-state index >= 15 is 0 Å². The van der Waals surface area contributed by atoms with Crippen molar-refractivity contribution in [1.82, 2.24) is 35.1 Å². The topological polar surface area (TPSA) is 75.9 Å². The summed E-state index contributed by atoms with van der Waals surface area (Å²) in [6, 6.07) is 29.4. The van der Waals surface area contributed by atoms with Crippen LogP contribution in [0, 0.1) is 0 Å². The van der Waals surface area contributed by atoms with Gasteiger partial charge < -0.3 is 4.90 Å². The predicted octanol–water partition coefficient (Wildman–Crippen LogP) is 4.99. The Morgan fingerprint density at radius 1 is 0.821 bits per heavy atom. The minimum atomic E-state index is -0.0575. The Labute approximate surface area is 230 Å². The molecule has 0 radical (unpaired) electrons. The molecule has 4 heterocycles. The number of hydrogen-bond acceptors (Lipinski definition) is 8. The molecule has 8 nitrogen and oxygen atoms in total. The molecule has 7 rings (SSSR count). The van der Waals surface area contributed by atoms with Gasteiger partial charge in [-0.05, 0) is 58.3 Å². The highest BCUT2D eigenvalue weighted by molar-refractivity contribution is 7.22. The van der Waals surface area contributed by atoms with E-state index in [0.29, 0.717) is 0 Å². The molecule has 6 aromatic rings. The first-order valence-electron chi connectivity index (χ1n) is 13.3. The standard InChI is InChI=1S/C30H28N8S/c1-2-7-22(8-3-1)14-16-38-29(33-34-35-38)28(24-12-13-25-23(21-24)9-6-15-31-25)36-17-19-37(20-18-36)30-32-26-10-4-5-11-27(26)39-30/h1-13,15,21,28H,14,16-20H2/t28-/m1/s1. The molecule has 0 unspecified atom stereocenters. The molecule has 3 aromatic heterocycles. The van der Waals surface area contributed by atoms with E-state index in [-0.39, 0.29) is 6.04 Å². The number of piperazine rings is 1. The number of rotatable bonds is 7. The van der Waals surface area contributed by atoms with Crippen molar-refractivity contribution in [2.24, 2.45) is 0 Å². The van der Waals surface area contributed by atoms with Crippen LogP contribution < -0.4 is 4.90 Å². The van der Waals surface area contributed by atoms with Gasteiger partial charge in [0.2, 0.25) is 0 Å². The quantitative estimate of drug-likeness (QED) is 0.287. The second-order valence-corrected chi connectivity index (χ2v) is 10.9. The first-order valence-corrected chi connectivity index (χ1v) is 14.1. The van der Waals surface area contributed by atoms with Crippen molar-refractivity contribution in [3.05, 3.63) is 108 Å². The summed E-state index contributed by atoms with van der Waals surface area (Å²) in [5.41, 5.74) is 4.51.